The Hall–Kier alpha value is -0.130. The second-order valence-corrected chi connectivity index (χ2v) is 5.86. The van der Waals surface area contributed by atoms with Gasteiger partial charge in [0.25, 0.3) is 0 Å². The summed E-state index contributed by atoms with van der Waals surface area (Å²) in [4.78, 5) is 4.29. The van der Waals surface area contributed by atoms with Crippen molar-refractivity contribution in [1.82, 2.24) is 4.98 Å². The topological polar surface area (TPSA) is 45.1 Å². The molecule has 0 radical (unpaired) electrons. The summed E-state index contributed by atoms with van der Waals surface area (Å²) >= 11 is 6.82. The van der Waals surface area contributed by atoms with Gasteiger partial charge < -0.3 is 10.4 Å². The lowest BCUT2D eigenvalue weighted by atomic mass is 9.92. The number of halogens is 2. The first-order valence-electron chi connectivity index (χ1n) is 5.42. The minimum absolute atomic E-state index is 0.124. The van der Waals surface area contributed by atoms with Gasteiger partial charge in [0.1, 0.15) is 5.82 Å². The molecule has 0 saturated heterocycles. The van der Waals surface area contributed by atoms with Gasteiger partial charge in [0.2, 0.25) is 0 Å². The van der Waals surface area contributed by atoms with Crippen molar-refractivity contribution in [3.05, 3.63) is 21.2 Å². The first-order chi connectivity index (χ1) is 7.66. The number of aromatic nitrogens is 1. The average molecular weight is 350 g/mol. The van der Waals surface area contributed by atoms with Crippen LogP contribution in [0.1, 0.15) is 25.7 Å². The van der Waals surface area contributed by atoms with Crippen LogP contribution in [-0.2, 0) is 0 Å². The van der Waals surface area contributed by atoms with Gasteiger partial charge >= 0.3 is 0 Å². The molecule has 0 aliphatic heterocycles. The maximum absolute atomic E-state index is 9.86. The Balaban J connectivity index is 2.07. The molecule has 1 saturated carbocycles. The van der Waals surface area contributed by atoms with Gasteiger partial charge in [-0.25, -0.2) is 4.98 Å². The van der Waals surface area contributed by atoms with Crippen LogP contribution in [0.5, 0.6) is 0 Å². The smallest absolute Gasteiger partial charge is 0.140 e. The van der Waals surface area contributed by atoms with Crippen molar-refractivity contribution < 1.29 is 5.11 Å². The summed E-state index contributed by atoms with van der Waals surface area (Å²) < 4.78 is 1.86. The highest BCUT2D eigenvalue weighted by molar-refractivity contribution is 9.11. The number of pyridine rings is 1. The van der Waals surface area contributed by atoms with E-state index in [4.69, 9.17) is 0 Å². The van der Waals surface area contributed by atoms with E-state index in [2.05, 4.69) is 42.2 Å². The molecule has 1 aliphatic rings. The van der Waals surface area contributed by atoms with Gasteiger partial charge in [0.15, 0.2) is 0 Å². The van der Waals surface area contributed by atoms with Gasteiger partial charge in [-0.2, -0.15) is 0 Å². The van der Waals surface area contributed by atoms with Crippen molar-refractivity contribution in [2.24, 2.45) is 0 Å². The SMILES string of the molecule is OC1CCCCC1Nc1ncc(Br)cc1Br. The van der Waals surface area contributed by atoms with E-state index in [9.17, 15) is 5.11 Å². The van der Waals surface area contributed by atoms with E-state index < -0.39 is 0 Å². The number of hydrogen-bond acceptors (Lipinski definition) is 3. The van der Waals surface area contributed by atoms with E-state index in [1.807, 2.05) is 6.07 Å². The molecule has 3 nitrogen and oxygen atoms in total. The molecule has 2 N–H and O–H groups in total. The molecule has 0 amide bonds. The molecule has 1 heterocycles. The lowest BCUT2D eigenvalue weighted by Gasteiger charge is -2.29. The molecule has 88 valence electrons. The predicted octanol–water partition coefficient (Wildman–Crippen LogP) is 3.32. The number of rotatable bonds is 2. The lowest BCUT2D eigenvalue weighted by molar-refractivity contribution is 0.116. The van der Waals surface area contributed by atoms with Gasteiger partial charge in [0, 0.05) is 10.7 Å². The summed E-state index contributed by atoms with van der Waals surface area (Å²) in [5, 5.41) is 13.2. The molecule has 0 spiro atoms. The molecule has 1 aromatic rings. The third-order valence-corrected chi connectivity index (χ3v) is 3.90. The second-order valence-electron chi connectivity index (χ2n) is 4.09. The normalized spacial score (nSPS) is 25.4. The molecule has 5 heteroatoms. The van der Waals surface area contributed by atoms with E-state index in [1.54, 1.807) is 6.20 Å². The second kappa shape index (κ2) is 5.47. The molecule has 1 aromatic heterocycles. The highest BCUT2D eigenvalue weighted by Gasteiger charge is 2.23. The van der Waals surface area contributed by atoms with Crippen molar-refractivity contribution in [2.45, 2.75) is 37.8 Å². The molecular weight excluding hydrogens is 336 g/mol. The van der Waals surface area contributed by atoms with Crippen molar-refractivity contribution in [3.8, 4) is 0 Å². The van der Waals surface area contributed by atoms with E-state index >= 15 is 0 Å². The molecule has 1 fully saturated rings. The molecule has 2 rings (SSSR count). The van der Waals surface area contributed by atoms with Gasteiger partial charge in [-0.1, -0.05) is 12.8 Å². The molecule has 1 aliphatic carbocycles. The highest BCUT2D eigenvalue weighted by atomic mass is 79.9. The van der Waals surface area contributed by atoms with Crippen LogP contribution in [0.25, 0.3) is 0 Å². The Morgan fingerprint density at radius 1 is 1.31 bits per heavy atom. The van der Waals surface area contributed by atoms with Crippen LogP contribution < -0.4 is 5.32 Å². The first-order valence-corrected chi connectivity index (χ1v) is 7.01. The van der Waals surface area contributed by atoms with E-state index in [0.717, 1.165) is 34.0 Å². The van der Waals surface area contributed by atoms with Crippen LogP contribution in [0.4, 0.5) is 5.82 Å². The van der Waals surface area contributed by atoms with Crippen molar-refractivity contribution in [3.63, 3.8) is 0 Å². The van der Waals surface area contributed by atoms with Crippen LogP contribution in [0.3, 0.4) is 0 Å². The van der Waals surface area contributed by atoms with Gasteiger partial charge in [-0.15, -0.1) is 0 Å². The Bertz CT molecular complexity index is 373. The number of anilines is 1. The third-order valence-electron chi connectivity index (χ3n) is 2.86. The van der Waals surface area contributed by atoms with E-state index in [-0.39, 0.29) is 12.1 Å². The third kappa shape index (κ3) is 2.96. The maximum Gasteiger partial charge on any atom is 0.140 e. The first kappa shape index (κ1) is 12.3. The summed E-state index contributed by atoms with van der Waals surface area (Å²) in [6.07, 6.45) is 5.67. The molecule has 16 heavy (non-hydrogen) atoms. The number of aliphatic hydroxyl groups is 1. The zero-order valence-electron chi connectivity index (χ0n) is 8.79. The number of hydrogen-bond donors (Lipinski definition) is 2. The fraction of sp³-hybridized carbons (Fsp3) is 0.545. The quantitative estimate of drug-likeness (QED) is 0.860. The van der Waals surface area contributed by atoms with Crippen molar-refractivity contribution in [2.75, 3.05) is 5.32 Å². The van der Waals surface area contributed by atoms with E-state index in [1.165, 1.54) is 6.42 Å². The Kier molecular flexibility index (Phi) is 4.21. The van der Waals surface area contributed by atoms with Gasteiger partial charge in [-0.05, 0) is 50.8 Å². The largest absolute Gasteiger partial charge is 0.391 e. The average Bonchev–Trinajstić information content (AvgIpc) is 2.25. The lowest BCUT2D eigenvalue weighted by Crippen LogP contribution is -2.36. The van der Waals surface area contributed by atoms with Crippen LogP contribution in [0.2, 0.25) is 0 Å². The summed E-state index contributed by atoms with van der Waals surface area (Å²) in [6.45, 7) is 0. The standard InChI is InChI=1S/C11H14Br2N2O/c12-7-5-8(13)11(14-6-7)15-9-3-1-2-4-10(9)16/h5-6,9-10,16H,1-4H2,(H,14,15). The Morgan fingerprint density at radius 3 is 2.75 bits per heavy atom. The maximum atomic E-state index is 9.86. The minimum atomic E-state index is -0.258. The van der Waals surface area contributed by atoms with Crippen molar-refractivity contribution >= 4 is 37.7 Å². The Labute approximate surface area is 112 Å². The van der Waals surface area contributed by atoms with Gasteiger partial charge in [-0.3, -0.25) is 0 Å². The number of nitrogens with zero attached hydrogens (tertiary/aromatic N) is 1. The monoisotopic (exact) mass is 348 g/mol. The molecule has 0 bridgehead atoms. The fourth-order valence-corrected chi connectivity index (χ4v) is 3.08. The minimum Gasteiger partial charge on any atom is -0.391 e. The molecular formula is C11H14Br2N2O. The van der Waals surface area contributed by atoms with Crippen molar-refractivity contribution in [1.29, 1.82) is 0 Å². The Morgan fingerprint density at radius 2 is 2.06 bits per heavy atom. The molecule has 0 aromatic carbocycles. The van der Waals surface area contributed by atoms with Gasteiger partial charge in [0.05, 0.1) is 16.6 Å². The predicted molar refractivity (Wildman–Crippen MR) is 71.5 cm³/mol. The zero-order valence-corrected chi connectivity index (χ0v) is 12.0. The number of aliphatic hydroxyl groups excluding tert-OH is 1. The molecule has 2 atom stereocenters. The van der Waals surface area contributed by atoms with Crippen LogP contribution in [-0.4, -0.2) is 22.2 Å². The number of nitrogens with one attached hydrogen (secondary N) is 1. The van der Waals surface area contributed by atoms with Crippen LogP contribution in [0, 0.1) is 0 Å². The molecule has 2 unspecified atom stereocenters. The summed E-state index contributed by atoms with van der Waals surface area (Å²) in [7, 11) is 0. The van der Waals surface area contributed by atoms with E-state index in [0.29, 0.717) is 0 Å². The summed E-state index contributed by atoms with van der Waals surface area (Å²) in [6, 6.07) is 2.07. The highest BCUT2D eigenvalue weighted by Crippen LogP contribution is 2.27. The fourth-order valence-electron chi connectivity index (χ4n) is 1.98. The van der Waals surface area contributed by atoms with Crippen LogP contribution in [0.15, 0.2) is 21.2 Å². The summed E-state index contributed by atoms with van der Waals surface area (Å²) in [5.41, 5.74) is 0. The van der Waals surface area contributed by atoms with Crippen LogP contribution >= 0.6 is 31.9 Å². The zero-order chi connectivity index (χ0) is 11.5. The summed E-state index contributed by atoms with van der Waals surface area (Å²) in [5.74, 6) is 0.800.